The molecule has 0 aliphatic heterocycles. The van der Waals surface area contributed by atoms with E-state index in [-0.39, 0.29) is 12.5 Å². The molecule has 0 aliphatic carbocycles. The molecule has 4 aromatic rings. The molecule has 0 saturated heterocycles. The summed E-state index contributed by atoms with van der Waals surface area (Å²) in [5.74, 6) is 1.59. The van der Waals surface area contributed by atoms with Crippen LogP contribution in [0.2, 0.25) is 10.0 Å². The maximum absolute atomic E-state index is 12.2. The van der Waals surface area contributed by atoms with Gasteiger partial charge in [-0.25, -0.2) is 14.6 Å². The summed E-state index contributed by atoms with van der Waals surface area (Å²) in [5.41, 5.74) is 3.65. The summed E-state index contributed by atoms with van der Waals surface area (Å²) in [6.45, 7) is 5.76. The van der Waals surface area contributed by atoms with Crippen molar-refractivity contribution in [3.05, 3.63) is 81.9 Å². The van der Waals surface area contributed by atoms with Crippen LogP contribution in [0.15, 0.2) is 54.9 Å². The number of nitrogens with one attached hydrogen (secondary N) is 1. The van der Waals surface area contributed by atoms with Crippen LogP contribution in [0.5, 0.6) is 17.4 Å². The molecule has 34 heavy (non-hydrogen) atoms. The number of nitrogens with zero attached hydrogens (tertiary/aromatic N) is 4. The van der Waals surface area contributed by atoms with Crippen molar-refractivity contribution in [1.29, 1.82) is 0 Å². The smallest absolute Gasteiger partial charge is 0.262 e. The summed E-state index contributed by atoms with van der Waals surface area (Å²) < 4.78 is 13.1. The van der Waals surface area contributed by atoms with E-state index < -0.39 is 0 Å². The summed E-state index contributed by atoms with van der Waals surface area (Å²) in [5, 5.41) is 8.10. The minimum absolute atomic E-state index is 0.199. The first-order valence-corrected chi connectivity index (χ1v) is 11.1. The summed E-state index contributed by atoms with van der Waals surface area (Å²) in [7, 11) is 0. The molecule has 2 aromatic heterocycles. The van der Waals surface area contributed by atoms with E-state index in [9.17, 15) is 4.79 Å². The van der Waals surface area contributed by atoms with E-state index in [1.165, 1.54) is 6.33 Å². The van der Waals surface area contributed by atoms with Crippen LogP contribution in [0.25, 0.3) is 5.82 Å². The molecule has 0 unspecified atom stereocenters. The highest BCUT2D eigenvalue weighted by Gasteiger charge is 2.12. The Hall–Kier alpha value is -3.62. The second kappa shape index (κ2) is 10.1. The monoisotopic (exact) mass is 497 g/mol. The Bertz CT molecular complexity index is 1340. The summed E-state index contributed by atoms with van der Waals surface area (Å²) in [6.07, 6.45) is 1.43. The molecule has 0 bridgehead atoms. The van der Waals surface area contributed by atoms with E-state index in [1.54, 1.807) is 53.2 Å². The van der Waals surface area contributed by atoms with Crippen LogP contribution < -0.4 is 14.8 Å². The molecule has 0 spiro atoms. The Morgan fingerprint density at radius 3 is 2.47 bits per heavy atom. The van der Waals surface area contributed by atoms with Crippen LogP contribution in [-0.4, -0.2) is 32.3 Å². The SMILES string of the molecule is Cc1nn(-c2cc(Oc3ccc(NC(=O)COc4ccc(Cl)cc4Cl)cc3)ncn2)c(C)c1C. The number of hydrogen-bond acceptors (Lipinski definition) is 6. The van der Waals surface area contributed by atoms with Crippen LogP contribution in [0.3, 0.4) is 0 Å². The molecular formula is C24H21Cl2N5O3. The predicted molar refractivity (Wildman–Crippen MR) is 130 cm³/mol. The normalized spacial score (nSPS) is 10.7. The average molecular weight is 498 g/mol. The van der Waals surface area contributed by atoms with Crippen LogP contribution in [0.1, 0.15) is 17.0 Å². The molecule has 174 valence electrons. The Kier molecular flexibility index (Phi) is 7.00. The predicted octanol–water partition coefficient (Wildman–Crippen LogP) is 5.70. The molecule has 10 heteroatoms. The Morgan fingerprint density at radius 1 is 1.03 bits per heavy atom. The minimum Gasteiger partial charge on any atom is -0.482 e. The Morgan fingerprint density at radius 2 is 1.79 bits per heavy atom. The van der Waals surface area contributed by atoms with Gasteiger partial charge in [0.2, 0.25) is 5.88 Å². The van der Waals surface area contributed by atoms with Crippen LogP contribution in [-0.2, 0) is 4.79 Å². The van der Waals surface area contributed by atoms with Gasteiger partial charge in [0, 0.05) is 22.5 Å². The molecule has 2 heterocycles. The minimum atomic E-state index is -0.333. The molecule has 1 N–H and O–H groups in total. The third kappa shape index (κ3) is 5.47. The van der Waals surface area contributed by atoms with E-state index in [1.807, 2.05) is 20.8 Å². The second-order valence-corrected chi connectivity index (χ2v) is 8.30. The molecular weight excluding hydrogens is 477 g/mol. The summed E-state index contributed by atoms with van der Waals surface area (Å²) in [4.78, 5) is 20.7. The first-order chi connectivity index (χ1) is 16.3. The van der Waals surface area contributed by atoms with Crippen LogP contribution in [0.4, 0.5) is 5.69 Å². The number of halogens is 2. The van der Waals surface area contributed by atoms with E-state index >= 15 is 0 Å². The van der Waals surface area contributed by atoms with Gasteiger partial charge in [0.1, 0.15) is 17.8 Å². The van der Waals surface area contributed by atoms with Gasteiger partial charge in [0.05, 0.1) is 10.7 Å². The molecule has 0 radical (unpaired) electrons. The van der Waals surface area contributed by atoms with Crippen LogP contribution in [0, 0.1) is 20.8 Å². The fourth-order valence-corrected chi connectivity index (χ4v) is 3.57. The molecule has 0 saturated carbocycles. The highest BCUT2D eigenvalue weighted by atomic mass is 35.5. The van der Waals surface area contributed by atoms with Crippen molar-refractivity contribution in [3.8, 4) is 23.2 Å². The first kappa shape index (κ1) is 23.5. The van der Waals surface area contributed by atoms with E-state index in [2.05, 4.69) is 20.4 Å². The maximum Gasteiger partial charge on any atom is 0.262 e. The Balaban J connectivity index is 1.36. The number of aromatic nitrogens is 4. The number of aryl methyl sites for hydroxylation is 1. The number of benzene rings is 2. The van der Waals surface area contributed by atoms with Crippen molar-refractivity contribution in [3.63, 3.8) is 0 Å². The van der Waals surface area contributed by atoms with Crippen molar-refractivity contribution in [2.24, 2.45) is 0 Å². The molecule has 0 fully saturated rings. The lowest BCUT2D eigenvalue weighted by molar-refractivity contribution is -0.118. The average Bonchev–Trinajstić information content (AvgIpc) is 3.07. The number of carbonyl (C=O) groups excluding carboxylic acids is 1. The Labute approximate surface area is 206 Å². The maximum atomic E-state index is 12.2. The zero-order valence-corrected chi connectivity index (χ0v) is 20.2. The lowest BCUT2D eigenvalue weighted by atomic mass is 10.2. The number of hydrogen-bond donors (Lipinski definition) is 1. The van der Waals surface area contributed by atoms with Gasteiger partial charge in [-0.3, -0.25) is 4.79 Å². The zero-order valence-electron chi connectivity index (χ0n) is 18.7. The third-order valence-corrected chi connectivity index (χ3v) is 5.64. The summed E-state index contributed by atoms with van der Waals surface area (Å²) >= 11 is 11.9. The van der Waals surface area contributed by atoms with Gasteiger partial charge in [-0.15, -0.1) is 0 Å². The lowest BCUT2D eigenvalue weighted by Gasteiger charge is -2.10. The largest absolute Gasteiger partial charge is 0.482 e. The van der Waals surface area contributed by atoms with Gasteiger partial charge in [-0.2, -0.15) is 5.10 Å². The fraction of sp³-hybridized carbons (Fsp3) is 0.167. The zero-order chi connectivity index (χ0) is 24.2. The number of anilines is 1. The molecule has 8 nitrogen and oxygen atoms in total. The van der Waals surface area contributed by atoms with Crippen molar-refractivity contribution in [1.82, 2.24) is 19.7 Å². The highest BCUT2D eigenvalue weighted by molar-refractivity contribution is 6.35. The molecule has 1 amide bonds. The van der Waals surface area contributed by atoms with Crippen molar-refractivity contribution in [2.75, 3.05) is 11.9 Å². The van der Waals surface area contributed by atoms with Gasteiger partial charge in [-0.1, -0.05) is 23.2 Å². The van der Waals surface area contributed by atoms with Gasteiger partial charge >= 0.3 is 0 Å². The van der Waals surface area contributed by atoms with E-state index in [0.717, 1.165) is 17.0 Å². The van der Waals surface area contributed by atoms with Crippen molar-refractivity contribution < 1.29 is 14.3 Å². The van der Waals surface area contributed by atoms with Gasteiger partial charge in [0.25, 0.3) is 5.91 Å². The summed E-state index contributed by atoms with van der Waals surface area (Å²) in [6, 6.07) is 13.4. The van der Waals surface area contributed by atoms with E-state index in [4.69, 9.17) is 32.7 Å². The molecule has 0 aliphatic rings. The van der Waals surface area contributed by atoms with Crippen molar-refractivity contribution in [2.45, 2.75) is 20.8 Å². The highest BCUT2D eigenvalue weighted by Crippen LogP contribution is 2.27. The second-order valence-electron chi connectivity index (χ2n) is 7.46. The third-order valence-electron chi connectivity index (χ3n) is 5.11. The topological polar surface area (TPSA) is 91.2 Å². The van der Waals surface area contributed by atoms with Gasteiger partial charge in [0.15, 0.2) is 12.4 Å². The first-order valence-electron chi connectivity index (χ1n) is 10.3. The quantitative estimate of drug-likeness (QED) is 0.351. The fourth-order valence-electron chi connectivity index (χ4n) is 3.10. The molecule has 2 aromatic carbocycles. The van der Waals surface area contributed by atoms with E-state index in [0.29, 0.717) is 38.9 Å². The molecule has 4 rings (SSSR count). The number of carbonyl (C=O) groups is 1. The standard InChI is InChI=1S/C24H21Cl2N5O3/c1-14-15(2)30-31(16(14)3)22-11-24(28-13-27-22)34-19-7-5-18(6-8-19)29-23(32)12-33-21-9-4-17(25)10-20(21)26/h4-11,13H,12H2,1-3H3,(H,29,32). The van der Waals surface area contributed by atoms with Crippen LogP contribution >= 0.6 is 23.2 Å². The number of rotatable bonds is 7. The van der Waals surface area contributed by atoms with Crippen molar-refractivity contribution >= 4 is 34.8 Å². The number of ether oxygens (including phenoxy) is 2. The molecule has 0 atom stereocenters. The lowest BCUT2D eigenvalue weighted by Crippen LogP contribution is -2.20. The van der Waals surface area contributed by atoms with Gasteiger partial charge < -0.3 is 14.8 Å². The van der Waals surface area contributed by atoms with Gasteiger partial charge in [-0.05, 0) is 68.8 Å². The number of amides is 1.